The van der Waals surface area contributed by atoms with Gasteiger partial charge in [0.2, 0.25) is 0 Å². The lowest BCUT2D eigenvalue weighted by Crippen LogP contribution is -2.28. The number of hydrogen-bond donors (Lipinski definition) is 2. The van der Waals surface area contributed by atoms with Crippen molar-refractivity contribution in [2.24, 2.45) is 0 Å². The average Bonchev–Trinajstić information content (AvgIpc) is 2.19. The van der Waals surface area contributed by atoms with Gasteiger partial charge in [0.15, 0.2) is 0 Å². The summed E-state index contributed by atoms with van der Waals surface area (Å²) < 4.78 is 0. The zero-order valence-electron chi connectivity index (χ0n) is 10.1. The Morgan fingerprint density at radius 1 is 1.38 bits per heavy atom. The lowest BCUT2D eigenvalue weighted by Gasteiger charge is -2.27. The molecule has 1 aromatic rings. The number of aryl methyl sites for hydroxylation is 1. The first-order valence-corrected chi connectivity index (χ1v) is 6.10. The summed E-state index contributed by atoms with van der Waals surface area (Å²) in [7, 11) is 0. The number of aromatic nitrogens is 2. The molecule has 0 spiro atoms. The summed E-state index contributed by atoms with van der Waals surface area (Å²) in [6.45, 7) is 4.10. The molecule has 0 radical (unpaired) electrons. The Labute approximate surface area is 96.7 Å². The molecule has 0 aromatic carbocycles. The first-order chi connectivity index (χ1) is 7.70. The third kappa shape index (κ3) is 2.26. The predicted octanol–water partition coefficient (Wildman–Crippen LogP) is 2.28. The number of nitrogens with two attached hydrogens (primary N) is 1. The Morgan fingerprint density at radius 2 is 2.12 bits per heavy atom. The summed E-state index contributed by atoms with van der Waals surface area (Å²) in [6.07, 6.45) is 5.74. The predicted molar refractivity (Wildman–Crippen MR) is 66.4 cm³/mol. The van der Waals surface area contributed by atoms with Crippen LogP contribution >= 0.6 is 0 Å². The van der Waals surface area contributed by atoms with Crippen molar-refractivity contribution in [2.75, 3.05) is 11.1 Å². The molecule has 16 heavy (non-hydrogen) atoms. The van der Waals surface area contributed by atoms with Crippen molar-refractivity contribution in [3.05, 3.63) is 11.4 Å². The van der Waals surface area contributed by atoms with Crippen molar-refractivity contribution in [3.8, 4) is 0 Å². The molecule has 0 saturated heterocycles. The standard InChI is InChI=1S/C12H20N4/c1-3-5-10-15-11(13)8(2)12(16-10)14-9-6-4-7-9/h9H,3-7H2,1-2H3,(H3,13,14,15,16). The molecule has 88 valence electrons. The number of nitrogens with one attached hydrogen (secondary N) is 1. The van der Waals surface area contributed by atoms with Crippen LogP contribution in [0.5, 0.6) is 0 Å². The molecule has 1 aliphatic rings. The molecule has 1 saturated carbocycles. The molecule has 4 nitrogen and oxygen atoms in total. The maximum Gasteiger partial charge on any atom is 0.134 e. The zero-order valence-corrected chi connectivity index (χ0v) is 10.1. The van der Waals surface area contributed by atoms with E-state index >= 15 is 0 Å². The summed E-state index contributed by atoms with van der Waals surface area (Å²) in [5.41, 5.74) is 6.87. The first-order valence-electron chi connectivity index (χ1n) is 6.10. The van der Waals surface area contributed by atoms with Gasteiger partial charge in [0.05, 0.1) is 0 Å². The highest BCUT2D eigenvalue weighted by atomic mass is 15.1. The zero-order chi connectivity index (χ0) is 11.5. The summed E-state index contributed by atoms with van der Waals surface area (Å²) in [4.78, 5) is 8.84. The van der Waals surface area contributed by atoms with Crippen molar-refractivity contribution >= 4 is 11.6 Å². The van der Waals surface area contributed by atoms with Crippen LogP contribution in [0.3, 0.4) is 0 Å². The Morgan fingerprint density at radius 3 is 2.69 bits per heavy atom. The van der Waals surface area contributed by atoms with Gasteiger partial charge in [-0.2, -0.15) is 0 Å². The van der Waals surface area contributed by atoms with Gasteiger partial charge in [-0.3, -0.25) is 0 Å². The second-order valence-electron chi connectivity index (χ2n) is 4.52. The Hall–Kier alpha value is -1.32. The number of rotatable bonds is 4. The van der Waals surface area contributed by atoms with E-state index in [1.807, 2.05) is 6.92 Å². The van der Waals surface area contributed by atoms with Crippen molar-refractivity contribution in [2.45, 2.75) is 52.0 Å². The van der Waals surface area contributed by atoms with Crippen LogP contribution in [0, 0.1) is 6.92 Å². The number of nitrogen functional groups attached to an aromatic ring is 1. The van der Waals surface area contributed by atoms with Crippen LogP contribution in [0.2, 0.25) is 0 Å². The fourth-order valence-electron chi connectivity index (χ4n) is 1.80. The molecular weight excluding hydrogens is 200 g/mol. The Balaban J connectivity index is 2.19. The molecule has 3 N–H and O–H groups in total. The van der Waals surface area contributed by atoms with Gasteiger partial charge in [-0.25, -0.2) is 9.97 Å². The summed E-state index contributed by atoms with van der Waals surface area (Å²) in [6, 6.07) is 0.586. The highest BCUT2D eigenvalue weighted by Gasteiger charge is 2.19. The lowest BCUT2D eigenvalue weighted by atomic mass is 9.93. The van der Waals surface area contributed by atoms with Crippen LogP contribution in [0.4, 0.5) is 11.6 Å². The van der Waals surface area contributed by atoms with Crippen LogP contribution in [0.25, 0.3) is 0 Å². The summed E-state index contributed by atoms with van der Waals surface area (Å²) >= 11 is 0. The molecule has 4 heteroatoms. The van der Waals surface area contributed by atoms with Gasteiger partial charge >= 0.3 is 0 Å². The van der Waals surface area contributed by atoms with Crippen LogP contribution in [-0.2, 0) is 6.42 Å². The van der Waals surface area contributed by atoms with E-state index < -0.39 is 0 Å². The van der Waals surface area contributed by atoms with Crippen LogP contribution in [-0.4, -0.2) is 16.0 Å². The van der Waals surface area contributed by atoms with Crippen molar-refractivity contribution in [3.63, 3.8) is 0 Å². The van der Waals surface area contributed by atoms with Gasteiger partial charge in [-0.05, 0) is 32.6 Å². The molecule has 1 aromatic heterocycles. The molecule has 0 bridgehead atoms. The molecule has 0 unspecified atom stereocenters. The van der Waals surface area contributed by atoms with Gasteiger partial charge in [0.25, 0.3) is 0 Å². The van der Waals surface area contributed by atoms with Crippen molar-refractivity contribution in [1.82, 2.24) is 9.97 Å². The van der Waals surface area contributed by atoms with Crippen molar-refractivity contribution in [1.29, 1.82) is 0 Å². The number of nitrogens with zero attached hydrogens (tertiary/aromatic N) is 2. The molecule has 2 rings (SSSR count). The molecule has 1 heterocycles. The van der Waals surface area contributed by atoms with E-state index in [0.717, 1.165) is 30.0 Å². The van der Waals surface area contributed by atoms with Gasteiger partial charge < -0.3 is 11.1 Å². The fourth-order valence-corrected chi connectivity index (χ4v) is 1.80. The quantitative estimate of drug-likeness (QED) is 0.817. The molecule has 1 fully saturated rings. The highest BCUT2D eigenvalue weighted by Crippen LogP contribution is 2.25. The Bertz CT molecular complexity index is 372. The number of anilines is 2. The highest BCUT2D eigenvalue weighted by molar-refractivity contribution is 5.55. The SMILES string of the molecule is CCCc1nc(N)c(C)c(NC2CCC2)n1. The van der Waals surface area contributed by atoms with E-state index in [1.54, 1.807) is 0 Å². The van der Waals surface area contributed by atoms with E-state index in [4.69, 9.17) is 5.73 Å². The smallest absolute Gasteiger partial charge is 0.134 e. The van der Waals surface area contributed by atoms with Crippen LogP contribution < -0.4 is 11.1 Å². The monoisotopic (exact) mass is 220 g/mol. The van der Waals surface area contributed by atoms with Crippen molar-refractivity contribution < 1.29 is 0 Å². The minimum Gasteiger partial charge on any atom is -0.383 e. The normalized spacial score (nSPS) is 15.9. The third-order valence-electron chi connectivity index (χ3n) is 3.15. The maximum absolute atomic E-state index is 5.90. The molecular formula is C12H20N4. The minimum atomic E-state index is 0.586. The fraction of sp³-hybridized carbons (Fsp3) is 0.667. The topological polar surface area (TPSA) is 63.8 Å². The first kappa shape index (κ1) is 11.2. The largest absolute Gasteiger partial charge is 0.383 e. The Kier molecular flexibility index (Phi) is 3.27. The maximum atomic E-state index is 5.90. The van der Waals surface area contributed by atoms with Crippen LogP contribution in [0.1, 0.15) is 44.0 Å². The second kappa shape index (κ2) is 4.68. The molecule has 0 amide bonds. The van der Waals surface area contributed by atoms with Crippen LogP contribution in [0.15, 0.2) is 0 Å². The third-order valence-corrected chi connectivity index (χ3v) is 3.15. The van der Waals surface area contributed by atoms with Gasteiger partial charge in [0, 0.05) is 18.0 Å². The summed E-state index contributed by atoms with van der Waals surface area (Å²) in [5.74, 6) is 2.40. The lowest BCUT2D eigenvalue weighted by molar-refractivity contribution is 0.444. The molecule has 0 aliphatic heterocycles. The van der Waals surface area contributed by atoms with Gasteiger partial charge in [-0.15, -0.1) is 0 Å². The average molecular weight is 220 g/mol. The van der Waals surface area contributed by atoms with E-state index in [2.05, 4.69) is 22.2 Å². The van der Waals surface area contributed by atoms with Gasteiger partial charge in [-0.1, -0.05) is 6.92 Å². The van der Waals surface area contributed by atoms with Gasteiger partial charge in [0.1, 0.15) is 17.5 Å². The molecule has 1 aliphatic carbocycles. The molecule has 0 atom stereocenters. The van der Waals surface area contributed by atoms with E-state index in [9.17, 15) is 0 Å². The number of hydrogen-bond acceptors (Lipinski definition) is 4. The summed E-state index contributed by atoms with van der Waals surface area (Å²) in [5, 5.41) is 3.46. The van der Waals surface area contributed by atoms with E-state index in [-0.39, 0.29) is 0 Å². The van der Waals surface area contributed by atoms with E-state index in [1.165, 1.54) is 19.3 Å². The van der Waals surface area contributed by atoms with E-state index in [0.29, 0.717) is 11.9 Å². The minimum absolute atomic E-state index is 0.586. The second-order valence-corrected chi connectivity index (χ2v) is 4.52.